The van der Waals surface area contributed by atoms with Crippen LogP contribution >= 0.6 is 0 Å². The molecule has 0 spiro atoms. The van der Waals surface area contributed by atoms with E-state index in [2.05, 4.69) is 24.3 Å². The molecule has 1 unspecified atom stereocenters. The SMILES string of the molecule is Cc1c(C(=O)NCC(C)(O)CN(C)C)cnn1CC(C)C. The van der Waals surface area contributed by atoms with Crippen molar-refractivity contribution in [1.29, 1.82) is 0 Å². The first-order chi connectivity index (χ1) is 9.62. The highest BCUT2D eigenvalue weighted by atomic mass is 16.3. The van der Waals surface area contributed by atoms with Gasteiger partial charge in [0, 0.05) is 25.3 Å². The van der Waals surface area contributed by atoms with Crippen molar-refractivity contribution in [2.45, 2.75) is 39.8 Å². The number of carbonyl (C=O) groups excluding carboxylic acids is 1. The molecule has 1 aromatic rings. The molecule has 0 aromatic carbocycles. The molecule has 0 radical (unpaired) electrons. The predicted molar refractivity (Wildman–Crippen MR) is 83.3 cm³/mol. The maximum absolute atomic E-state index is 12.2. The molecule has 0 fully saturated rings. The largest absolute Gasteiger partial charge is 0.387 e. The van der Waals surface area contributed by atoms with Gasteiger partial charge in [-0.2, -0.15) is 5.10 Å². The zero-order chi connectivity index (χ0) is 16.2. The highest BCUT2D eigenvalue weighted by molar-refractivity contribution is 5.95. The van der Waals surface area contributed by atoms with E-state index in [1.54, 1.807) is 13.1 Å². The normalized spacial score (nSPS) is 14.5. The monoisotopic (exact) mass is 296 g/mol. The van der Waals surface area contributed by atoms with E-state index in [1.165, 1.54) is 0 Å². The fourth-order valence-corrected chi connectivity index (χ4v) is 2.30. The smallest absolute Gasteiger partial charge is 0.254 e. The summed E-state index contributed by atoms with van der Waals surface area (Å²) in [5.41, 5.74) is 0.464. The highest BCUT2D eigenvalue weighted by Crippen LogP contribution is 2.10. The van der Waals surface area contributed by atoms with Crippen LogP contribution in [0.5, 0.6) is 0 Å². The minimum absolute atomic E-state index is 0.193. The van der Waals surface area contributed by atoms with Gasteiger partial charge in [-0.1, -0.05) is 13.8 Å². The Morgan fingerprint density at radius 1 is 1.52 bits per heavy atom. The molecule has 1 heterocycles. The summed E-state index contributed by atoms with van der Waals surface area (Å²) < 4.78 is 1.84. The maximum Gasteiger partial charge on any atom is 0.254 e. The van der Waals surface area contributed by atoms with Crippen LogP contribution < -0.4 is 5.32 Å². The Morgan fingerprint density at radius 2 is 2.14 bits per heavy atom. The molecule has 0 saturated heterocycles. The summed E-state index contributed by atoms with van der Waals surface area (Å²) >= 11 is 0. The molecule has 0 bridgehead atoms. The Labute approximate surface area is 127 Å². The lowest BCUT2D eigenvalue weighted by Crippen LogP contribution is -2.47. The molecule has 1 rings (SSSR count). The lowest BCUT2D eigenvalue weighted by molar-refractivity contribution is 0.0326. The highest BCUT2D eigenvalue weighted by Gasteiger charge is 2.23. The molecule has 0 aliphatic carbocycles. The molecule has 120 valence electrons. The molecule has 6 heteroatoms. The Balaban J connectivity index is 2.66. The fourth-order valence-electron chi connectivity index (χ4n) is 2.30. The first-order valence-corrected chi connectivity index (χ1v) is 7.30. The average Bonchev–Trinajstić information content (AvgIpc) is 2.66. The van der Waals surface area contributed by atoms with Crippen LogP contribution in [-0.2, 0) is 6.54 Å². The van der Waals surface area contributed by atoms with E-state index in [-0.39, 0.29) is 12.5 Å². The lowest BCUT2D eigenvalue weighted by Gasteiger charge is -2.27. The number of rotatable bonds is 7. The Bertz CT molecular complexity index is 478. The second-order valence-electron chi connectivity index (χ2n) is 6.64. The molecule has 0 saturated carbocycles. The molecule has 1 aromatic heterocycles. The van der Waals surface area contributed by atoms with Crippen LogP contribution in [0.4, 0.5) is 0 Å². The predicted octanol–water partition coefficient (Wildman–Crippen LogP) is 0.890. The molecule has 0 aliphatic heterocycles. The van der Waals surface area contributed by atoms with Gasteiger partial charge in [0.05, 0.1) is 17.4 Å². The molecule has 21 heavy (non-hydrogen) atoms. The topological polar surface area (TPSA) is 70.4 Å². The summed E-state index contributed by atoms with van der Waals surface area (Å²) in [6, 6.07) is 0. The molecule has 6 nitrogen and oxygen atoms in total. The summed E-state index contributed by atoms with van der Waals surface area (Å²) in [5, 5.41) is 17.2. The van der Waals surface area contributed by atoms with Crippen molar-refractivity contribution in [1.82, 2.24) is 20.0 Å². The van der Waals surface area contributed by atoms with Crippen LogP contribution in [0.25, 0.3) is 0 Å². The molecular formula is C15H28N4O2. The van der Waals surface area contributed by atoms with E-state index in [9.17, 15) is 9.90 Å². The first kappa shape index (κ1) is 17.7. The number of aromatic nitrogens is 2. The quantitative estimate of drug-likeness (QED) is 0.784. The minimum Gasteiger partial charge on any atom is -0.387 e. The summed E-state index contributed by atoms with van der Waals surface area (Å²) in [5.74, 6) is 0.280. The van der Waals surface area contributed by atoms with Gasteiger partial charge in [-0.25, -0.2) is 0 Å². The van der Waals surface area contributed by atoms with Crippen LogP contribution in [-0.4, -0.2) is 58.5 Å². The zero-order valence-corrected chi connectivity index (χ0v) is 14.0. The summed E-state index contributed by atoms with van der Waals surface area (Å²) in [7, 11) is 3.77. The number of hydrogen-bond acceptors (Lipinski definition) is 4. The fraction of sp³-hybridized carbons (Fsp3) is 0.733. The number of hydrogen-bond donors (Lipinski definition) is 2. The Kier molecular flexibility index (Phi) is 5.92. The third-order valence-corrected chi connectivity index (χ3v) is 3.17. The van der Waals surface area contributed by atoms with E-state index >= 15 is 0 Å². The number of likely N-dealkylation sites (N-methyl/N-ethyl adjacent to an activating group) is 1. The van der Waals surface area contributed by atoms with E-state index in [1.807, 2.05) is 30.6 Å². The molecule has 1 amide bonds. The van der Waals surface area contributed by atoms with Crippen molar-refractivity contribution in [2.75, 3.05) is 27.2 Å². The van der Waals surface area contributed by atoms with Gasteiger partial charge in [-0.05, 0) is 33.9 Å². The molecular weight excluding hydrogens is 268 g/mol. The first-order valence-electron chi connectivity index (χ1n) is 7.30. The molecule has 1 atom stereocenters. The van der Waals surface area contributed by atoms with Gasteiger partial charge in [0.1, 0.15) is 0 Å². The van der Waals surface area contributed by atoms with E-state index in [0.717, 1.165) is 12.2 Å². The van der Waals surface area contributed by atoms with Crippen LogP contribution in [0, 0.1) is 12.8 Å². The lowest BCUT2D eigenvalue weighted by atomic mass is 10.1. The summed E-state index contributed by atoms with van der Waals surface area (Å²) in [6.07, 6.45) is 1.59. The van der Waals surface area contributed by atoms with Gasteiger partial charge in [-0.3, -0.25) is 9.48 Å². The van der Waals surface area contributed by atoms with E-state index in [0.29, 0.717) is 18.0 Å². The standard InChI is InChI=1S/C15H28N4O2/c1-11(2)8-19-12(3)13(7-17-19)14(20)16-9-15(4,21)10-18(5)6/h7,11,21H,8-10H2,1-6H3,(H,16,20). The Morgan fingerprint density at radius 3 is 2.67 bits per heavy atom. The third-order valence-electron chi connectivity index (χ3n) is 3.17. The van der Waals surface area contributed by atoms with Crippen LogP contribution in [0.15, 0.2) is 6.20 Å². The van der Waals surface area contributed by atoms with Gasteiger partial charge in [0.15, 0.2) is 0 Å². The van der Waals surface area contributed by atoms with Crippen LogP contribution in [0.3, 0.4) is 0 Å². The van der Waals surface area contributed by atoms with E-state index < -0.39 is 5.60 Å². The van der Waals surface area contributed by atoms with Gasteiger partial charge < -0.3 is 15.3 Å². The second-order valence-corrected chi connectivity index (χ2v) is 6.64. The maximum atomic E-state index is 12.2. The second kappa shape index (κ2) is 7.04. The molecule has 0 aliphatic rings. The van der Waals surface area contributed by atoms with Crippen molar-refractivity contribution in [3.8, 4) is 0 Å². The average molecular weight is 296 g/mol. The van der Waals surface area contributed by atoms with Crippen LogP contribution in [0.2, 0.25) is 0 Å². The number of aliphatic hydroxyl groups is 1. The Hall–Kier alpha value is -1.40. The number of amides is 1. The summed E-state index contributed by atoms with van der Waals surface area (Å²) in [6.45, 7) is 9.30. The van der Waals surface area contributed by atoms with E-state index in [4.69, 9.17) is 0 Å². The minimum atomic E-state index is -0.957. The van der Waals surface area contributed by atoms with Gasteiger partial charge in [0.25, 0.3) is 5.91 Å². The van der Waals surface area contributed by atoms with Crippen molar-refractivity contribution in [3.05, 3.63) is 17.5 Å². The number of nitrogens with zero attached hydrogens (tertiary/aromatic N) is 3. The van der Waals surface area contributed by atoms with Gasteiger partial charge in [0.2, 0.25) is 0 Å². The summed E-state index contributed by atoms with van der Waals surface area (Å²) in [4.78, 5) is 14.1. The van der Waals surface area contributed by atoms with Crippen molar-refractivity contribution >= 4 is 5.91 Å². The molecule has 2 N–H and O–H groups in total. The van der Waals surface area contributed by atoms with Gasteiger partial charge in [-0.15, -0.1) is 0 Å². The van der Waals surface area contributed by atoms with Crippen LogP contribution in [0.1, 0.15) is 36.8 Å². The van der Waals surface area contributed by atoms with Crippen molar-refractivity contribution in [3.63, 3.8) is 0 Å². The van der Waals surface area contributed by atoms with Gasteiger partial charge >= 0.3 is 0 Å². The van der Waals surface area contributed by atoms with Crippen molar-refractivity contribution < 1.29 is 9.90 Å². The number of carbonyl (C=O) groups is 1. The number of nitrogens with one attached hydrogen (secondary N) is 1. The third kappa shape index (κ3) is 5.47. The zero-order valence-electron chi connectivity index (χ0n) is 14.0. The van der Waals surface area contributed by atoms with Crippen molar-refractivity contribution in [2.24, 2.45) is 5.92 Å².